The molecule has 154 valence electrons. The summed E-state index contributed by atoms with van der Waals surface area (Å²) in [5.41, 5.74) is 4.65. The van der Waals surface area contributed by atoms with Crippen molar-refractivity contribution in [2.24, 2.45) is 0 Å². The number of thiocarbonyl (C=S) groups is 1. The Balaban J connectivity index is 1.68. The van der Waals surface area contributed by atoms with Crippen LogP contribution in [0.2, 0.25) is 15.1 Å². The molecule has 0 bridgehead atoms. The van der Waals surface area contributed by atoms with Crippen LogP contribution in [-0.2, 0) is 9.59 Å². The maximum Gasteiger partial charge on any atom is 0.276 e. The number of hydrogen-bond donors (Lipinski definition) is 3. The molecule has 0 saturated carbocycles. The zero-order valence-electron chi connectivity index (χ0n) is 14.4. The van der Waals surface area contributed by atoms with Gasteiger partial charge in [-0.1, -0.05) is 50.7 Å². The standard InChI is InChI=1S/C17H13BrCl3N3O4S/c18-9-1-3-13(11(20)5-9)28-8-16(26)23-24-17(29)22-15(25)7-27-14-4-2-10(19)6-12(14)21/h1-6H,7-8H2,(H,23,26)(H2,22,24,25,29). The first-order valence-electron chi connectivity index (χ1n) is 7.79. The van der Waals surface area contributed by atoms with Crippen molar-refractivity contribution in [2.75, 3.05) is 13.2 Å². The maximum absolute atomic E-state index is 11.8. The maximum atomic E-state index is 11.8. The summed E-state index contributed by atoms with van der Waals surface area (Å²) in [5, 5.41) is 3.26. The van der Waals surface area contributed by atoms with Gasteiger partial charge in [0.2, 0.25) is 0 Å². The van der Waals surface area contributed by atoms with Gasteiger partial charge in [0.25, 0.3) is 11.8 Å². The molecular weight excluding hydrogens is 529 g/mol. The lowest BCUT2D eigenvalue weighted by Gasteiger charge is -2.12. The Labute approximate surface area is 195 Å². The second kappa shape index (κ2) is 11.4. The Morgan fingerprint density at radius 2 is 1.48 bits per heavy atom. The van der Waals surface area contributed by atoms with E-state index in [1.54, 1.807) is 24.3 Å². The van der Waals surface area contributed by atoms with Crippen molar-refractivity contribution in [1.82, 2.24) is 16.2 Å². The van der Waals surface area contributed by atoms with Crippen LogP contribution in [0.25, 0.3) is 0 Å². The van der Waals surface area contributed by atoms with Crippen LogP contribution in [-0.4, -0.2) is 30.1 Å². The molecule has 2 rings (SSSR count). The van der Waals surface area contributed by atoms with Crippen LogP contribution in [0, 0.1) is 0 Å². The third kappa shape index (κ3) is 8.23. The van der Waals surface area contributed by atoms with E-state index in [1.165, 1.54) is 12.1 Å². The van der Waals surface area contributed by atoms with Gasteiger partial charge in [-0.2, -0.15) is 0 Å². The van der Waals surface area contributed by atoms with Crippen molar-refractivity contribution in [1.29, 1.82) is 0 Å². The van der Waals surface area contributed by atoms with Crippen LogP contribution in [0.5, 0.6) is 11.5 Å². The number of rotatable bonds is 6. The Hall–Kier alpha value is -1.78. The van der Waals surface area contributed by atoms with E-state index in [-0.39, 0.29) is 23.3 Å². The molecule has 0 aliphatic heterocycles. The minimum atomic E-state index is -0.555. The second-order valence-corrected chi connectivity index (χ2v) is 7.85. The Morgan fingerprint density at radius 3 is 2.10 bits per heavy atom. The molecule has 3 N–H and O–H groups in total. The third-order valence-electron chi connectivity index (χ3n) is 3.07. The second-order valence-electron chi connectivity index (χ2n) is 5.28. The molecule has 29 heavy (non-hydrogen) atoms. The summed E-state index contributed by atoms with van der Waals surface area (Å²) in [6, 6.07) is 9.57. The zero-order valence-corrected chi connectivity index (χ0v) is 19.1. The molecule has 0 atom stereocenters. The first kappa shape index (κ1) is 23.5. The molecular formula is C17H13BrCl3N3O4S. The largest absolute Gasteiger partial charge is 0.482 e. The van der Waals surface area contributed by atoms with E-state index in [9.17, 15) is 9.59 Å². The Kier molecular flexibility index (Phi) is 9.25. The monoisotopic (exact) mass is 539 g/mol. The van der Waals surface area contributed by atoms with E-state index in [0.717, 1.165) is 4.47 Å². The molecule has 7 nitrogen and oxygen atoms in total. The summed E-state index contributed by atoms with van der Waals surface area (Å²) in [5.74, 6) is -0.452. The molecule has 2 amide bonds. The topological polar surface area (TPSA) is 88.7 Å². The predicted molar refractivity (Wildman–Crippen MR) is 119 cm³/mol. The van der Waals surface area contributed by atoms with Gasteiger partial charge in [0, 0.05) is 9.50 Å². The van der Waals surface area contributed by atoms with Gasteiger partial charge in [-0.3, -0.25) is 25.8 Å². The molecule has 0 saturated heterocycles. The van der Waals surface area contributed by atoms with E-state index >= 15 is 0 Å². The van der Waals surface area contributed by atoms with E-state index in [0.29, 0.717) is 21.5 Å². The number of amides is 2. The Morgan fingerprint density at radius 1 is 0.897 bits per heavy atom. The van der Waals surface area contributed by atoms with Crippen molar-refractivity contribution in [3.8, 4) is 11.5 Å². The number of carbonyl (C=O) groups is 2. The minimum absolute atomic E-state index is 0.129. The van der Waals surface area contributed by atoms with Gasteiger partial charge in [-0.05, 0) is 48.6 Å². The number of hydrogen-bond acceptors (Lipinski definition) is 5. The molecule has 0 aromatic heterocycles. The lowest BCUT2D eigenvalue weighted by atomic mass is 10.3. The van der Waals surface area contributed by atoms with Crippen molar-refractivity contribution in [3.05, 3.63) is 55.9 Å². The number of benzene rings is 2. The SMILES string of the molecule is O=C(COc1ccc(Br)cc1Cl)NNC(=S)NC(=O)COc1ccc(Cl)cc1Cl. The Bertz CT molecular complexity index is 933. The van der Waals surface area contributed by atoms with Gasteiger partial charge in [0.1, 0.15) is 11.5 Å². The average Bonchev–Trinajstić information content (AvgIpc) is 2.65. The molecule has 2 aromatic rings. The van der Waals surface area contributed by atoms with E-state index < -0.39 is 11.8 Å². The highest BCUT2D eigenvalue weighted by Gasteiger charge is 2.10. The van der Waals surface area contributed by atoms with Crippen molar-refractivity contribution in [3.63, 3.8) is 0 Å². The van der Waals surface area contributed by atoms with Crippen LogP contribution in [0.1, 0.15) is 0 Å². The van der Waals surface area contributed by atoms with Gasteiger partial charge in [0.15, 0.2) is 18.3 Å². The van der Waals surface area contributed by atoms with Crippen LogP contribution in [0.4, 0.5) is 0 Å². The van der Waals surface area contributed by atoms with Gasteiger partial charge in [-0.15, -0.1) is 0 Å². The van der Waals surface area contributed by atoms with E-state index in [4.69, 9.17) is 56.5 Å². The van der Waals surface area contributed by atoms with Crippen molar-refractivity contribution in [2.45, 2.75) is 0 Å². The highest BCUT2D eigenvalue weighted by atomic mass is 79.9. The lowest BCUT2D eigenvalue weighted by molar-refractivity contribution is -0.124. The minimum Gasteiger partial charge on any atom is -0.482 e. The molecule has 0 heterocycles. The number of ether oxygens (including phenoxy) is 2. The quantitative estimate of drug-likeness (QED) is 0.380. The highest BCUT2D eigenvalue weighted by Crippen LogP contribution is 2.28. The molecule has 0 aliphatic rings. The summed E-state index contributed by atoms with van der Waals surface area (Å²) in [4.78, 5) is 23.6. The summed E-state index contributed by atoms with van der Waals surface area (Å²) in [7, 11) is 0. The zero-order chi connectivity index (χ0) is 21.4. The molecule has 0 fully saturated rings. The van der Waals surface area contributed by atoms with Gasteiger partial charge < -0.3 is 9.47 Å². The summed E-state index contributed by atoms with van der Waals surface area (Å²) < 4.78 is 11.4. The van der Waals surface area contributed by atoms with Gasteiger partial charge in [-0.25, -0.2) is 0 Å². The third-order valence-corrected chi connectivity index (χ3v) is 4.60. The molecule has 0 spiro atoms. The first-order valence-corrected chi connectivity index (χ1v) is 10.1. The lowest BCUT2D eigenvalue weighted by Crippen LogP contribution is -2.50. The number of nitrogens with one attached hydrogen (secondary N) is 3. The van der Waals surface area contributed by atoms with Crippen molar-refractivity contribution >= 4 is 79.9 Å². The van der Waals surface area contributed by atoms with Crippen molar-refractivity contribution < 1.29 is 19.1 Å². The fourth-order valence-electron chi connectivity index (χ4n) is 1.83. The fraction of sp³-hybridized carbons (Fsp3) is 0.118. The summed E-state index contributed by atoms with van der Waals surface area (Å²) in [6.45, 7) is -0.661. The molecule has 2 aromatic carbocycles. The van der Waals surface area contributed by atoms with Crippen LogP contribution in [0.15, 0.2) is 40.9 Å². The van der Waals surface area contributed by atoms with Gasteiger partial charge >= 0.3 is 0 Å². The molecule has 0 radical (unpaired) electrons. The van der Waals surface area contributed by atoms with Crippen LogP contribution < -0.4 is 25.6 Å². The smallest absolute Gasteiger partial charge is 0.276 e. The van der Waals surface area contributed by atoms with E-state index in [2.05, 4.69) is 32.1 Å². The fourth-order valence-corrected chi connectivity index (χ4v) is 3.18. The first-order chi connectivity index (χ1) is 13.7. The molecule has 0 aliphatic carbocycles. The predicted octanol–water partition coefficient (Wildman–Crippen LogP) is 3.89. The average molecular weight is 542 g/mol. The van der Waals surface area contributed by atoms with Gasteiger partial charge in [0.05, 0.1) is 10.0 Å². The summed E-state index contributed by atoms with van der Waals surface area (Å²) in [6.07, 6.45) is 0. The van der Waals surface area contributed by atoms with E-state index in [1.807, 2.05) is 0 Å². The summed E-state index contributed by atoms with van der Waals surface area (Å²) >= 11 is 25.9. The molecule has 12 heteroatoms. The van der Waals surface area contributed by atoms with Crippen LogP contribution >= 0.6 is 63.0 Å². The number of hydrazine groups is 1. The number of carbonyl (C=O) groups excluding carboxylic acids is 2. The van der Waals surface area contributed by atoms with Crippen LogP contribution in [0.3, 0.4) is 0 Å². The molecule has 0 unspecified atom stereocenters. The normalized spacial score (nSPS) is 10.1. The number of halogens is 4. The highest BCUT2D eigenvalue weighted by molar-refractivity contribution is 9.10.